The van der Waals surface area contributed by atoms with E-state index < -0.39 is 0 Å². The normalized spacial score (nSPS) is 19.9. The molecule has 3 rings (SSSR count). The molecule has 1 aromatic carbocycles. The number of ether oxygens (including phenoxy) is 1. The number of nitrogens with zero attached hydrogens (tertiary/aromatic N) is 1. The highest BCUT2D eigenvalue weighted by Crippen LogP contribution is 2.13. The largest absolute Gasteiger partial charge is 0.378 e. The van der Waals surface area contributed by atoms with Gasteiger partial charge in [-0.25, -0.2) is 4.98 Å². The Morgan fingerprint density at radius 1 is 1.44 bits per heavy atom. The third kappa shape index (κ3) is 2.20. The fraction of sp³-hybridized carbons (Fsp3) is 0.333. The summed E-state index contributed by atoms with van der Waals surface area (Å²) in [6.07, 6.45) is 0. The lowest BCUT2D eigenvalue weighted by Gasteiger charge is -2.22. The molecule has 1 unspecified atom stereocenters. The maximum atomic E-state index is 11.9. The predicted octanol–water partition coefficient (Wildman–Crippen LogP) is 0.490. The highest BCUT2D eigenvalue weighted by Gasteiger charge is 2.21. The summed E-state index contributed by atoms with van der Waals surface area (Å²) in [4.78, 5) is 19.3. The van der Waals surface area contributed by atoms with Crippen LogP contribution in [0.1, 0.15) is 0 Å². The minimum Gasteiger partial charge on any atom is -0.378 e. The Balaban J connectivity index is 1.73. The molecular weight excluding hydrogens is 232 g/mol. The first kappa shape index (κ1) is 11.2. The number of benzene rings is 1. The Hall–Kier alpha value is -1.92. The molecule has 1 amide bonds. The lowest BCUT2D eigenvalue weighted by atomic mass is 10.2. The van der Waals surface area contributed by atoms with Crippen molar-refractivity contribution < 1.29 is 9.53 Å². The van der Waals surface area contributed by atoms with Gasteiger partial charge in [0.15, 0.2) is 0 Å². The standard InChI is InChI=1S/C12H14N4O2/c17-11(10-7-18-6-5-13-10)16-12-14-8-3-1-2-4-9(8)15-12/h1-4,10,13H,5-7H2,(H2,14,15,16,17). The van der Waals surface area contributed by atoms with Crippen molar-refractivity contribution in [2.45, 2.75) is 6.04 Å². The van der Waals surface area contributed by atoms with Gasteiger partial charge in [-0.05, 0) is 12.1 Å². The van der Waals surface area contributed by atoms with Gasteiger partial charge in [0.05, 0.1) is 24.2 Å². The van der Waals surface area contributed by atoms with E-state index in [4.69, 9.17) is 4.74 Å². The van der Waals surface area contributed by atoms with Crippen LogP contribution in [-0.2, 0) is 9.53 Å². The van der Waals surface area contributed by atoms with Gasteiger partial charge in [0.1, 0.15) is 6.04 Å². The van der Waals surface area contributed by atoms with E-state index in [1.54, 1.807) is 0 Å². The van der Waals surface area contributed by atoms with Crippen molar-refractivity contribution in [3.8, 4) is 0 Å². The molecule has 0 radical (unpaired) electrons. The van der Waals surface area contributed by atoms with Gasteiger partial charge >= 0.3 is 0 Å². The summed E-state index contributed by atoms with van der Waals surface area (Å²) in [6, 6.07) is 7.32. The smallest absolute Gasteiger partial charge is 0.246 e. The lowest BCUT2D eigenvalue weighted by Crippen LogP contribution is -2.48. The molecule has 0 spiro atoms. The molecule has 1 fully saturated rings. The number of morpholine rings is 1. The van der Waals surface area contributed by atoms with Crippen molar-refractivity contribution in [3.05, 3.63) is 24.3 Å². The third-order valence-corrected chi connectivity index (χ3v) is 2.87. The van der Waals surface area contributed by atoms with Crippen LogP contribution in [0.4, 0.5) is 5.95 Å². The Morgan fingerprint density at radius 3 is 3.11 bits per heavy atom. The van der Waals surface area contributed by atoms with Crippen LogP contribution in [0, 0.1) is 0 Å². The Kier molecular flexibility index (Phi) is 2.95. The molecule has 3 N–H and O–H groups in total. The van der Waals surface area contributed by atoms with Gasteiger partial charge < -0.3 is 15.0 Å². The number of hydrogen-bond acceptors (Lipinski definition) is 4. The molecule has 18 heavy (non-hydrogen) atoms. The predicted molar refractivity (Wildman–Crippen MR) is 67.3 cm³/mol. The van der Waals surface area contributed by atoms with Crippen molar-refractivity contribution in [2.75, 3.05) is 25.1 Å². The number of hydrogen-bond donors (Lipinski definition) is 3. The lowest BCUT2D eigenvalue weighted by molar-refractivity contribution is -0.120. The minimum absolute atomic E-state index is 0.131. The number of fused-ring (bicyclic) bond motifs is 1. The molecule has 1 aliphatic heterocycles. The maximum absolute atomic E-state index is 11.9. The van der Waals surface area contributed by atoms with E-state index in [1.165, 1.54) is 0 Å². The summed E-state index contributed by atoms with van der Waals surface area (Å²) in [5.41, 5.74) is 1.74. The third-order valence-electron chi connectivity index (χ3n) is 2.87. The zero-order valence-corrected chi connectivity index (χ0v) is 9.77. The van der Waals surface area contributed by atoms with Crippen molar-refractivity contribution in [1.82, 2.24) is 15.3 Å². The molecular formula is C12H14N4O2. The van der Waals surface area contributed by atoms with E-state index in [0.717, 1.165) is 11.0 Å². The van der Waals surface area contributed by atoms with Crippen molar-refractivity contribution in [2.24, 2.45) is 0 Å². The molecule has 2 heterocycles. The van der Waals surface area contributed by atoms with Crippen LogP contribution in [0.15, 0.2) is 24.3 Å². The highest BCUT2D eigenvalue weighted by molar-refractivity contribution is 5.94. The number of amides is 1. The number of carbonyl (C=O) groups is 1. The summed E-state index contributed by atoms with van der Waals surface area (Å²) < 4.78 is 5.25. The van der Waals surface area contributed by atoms with E-state index >= 15 is 0 Å². The number of nitrogens with one attached hydrogen (secondary N) is 3. The van der Waals surface area contributed by atoms with Gasteiger partial charge in [0.25, 0.3) is 0 Å². The molecule has 1 saturated heterocycles. The first-order valence-corrected chi connectivity index (χ1v) is 5.90. The molecule has 1 atom stereocenters. The van der Waals surface area contributed by atoms with Gasteiger partial charge in [0, 0.05) is 6.54 Å². The first-order valence-electron chi connectivity index (χ1n) is 5.90. The second kappa shape index (κ2) is 4.75. The van der Waals surface area contributed by atoms with E-state index in [9.17, 15) is 4.79 Å². The number of rotatable bonds is 2. The number of imidazole rings is 1. The second-order valence-corrected chi connectivity index (χ2v) is 4.17. The average molecular weight is 246 g/mol. The Bertz CT molecular complexity index is 527. The molecule has 94 valence electrons. The van der Waals surface area contributed by atoms with Crippen molar-refractivity contribution in [3.63, 3.8) is 0 Å². The van der Waals surface area contributed by atoms with Crippen LogP contribution in [0.3, 0.4) is 0 Å². The van der Waals surface area contributed by atoms with Crippen LogP contribution in [-0.4, -0.2) is 41.7 Å². The molecule has 0 aliphatic carbocycles. The van der Waals surface area contributed by atoms with Gasteiger partial charge in [-0.2, -0.15) is 0 Å². The van der Waals surface area contributed by atoms with E-state index in [2.05, 4.69) is 20.6 Å². The van der Waals surface area contributed by atoms with Gasteiger partial charge in [-0.15, -0.1) is 0 Å². The molecule has 0 bridgehead atoms. The number of para-hydroxylation sites is 2. The molecule has 6 heteroatoms. The molecule has 1 aliphatic rings. The summed E-state index contributed by atoms with van der Waals surface area (Å²) in [6.45, 7) is 1.73. The first-order chi connectivity index (χ1) is 8.83. The summed E-state index contributed by atoms with van der Waals surface area (Å²) >= 11 is 0. The van der Waals surface area contributed by atoms with Crippen molar-refractivity contribution >= 4 is 22.9 Å². The fourth-order valence-electron chi connectivity index (χ4n) is 1.95. The molecule has 2 aromatic rings. The van der Waals surface area contributed by atoms with E-state index in [-0.39, 0.29) is 11.9 Å². The van der Waals surface area contributed by atoms with Gasteiger partial charge in [-0.3, -0.25) is 10.1 Å². The molecule has 0 saturated carbocycles. The monoisotopic (exact) mass is 246 g/mol. The van der Waals surface area contributed by atoms with Crippen molar-refractivity contribution in [1.29, 1.82) is 0 Å². The summed E-state index contributed by atoms with van der Waals surface area (Å²) in [5, 5.41) is 5.85. The minimum atomic E-state index is -0.313. The van der Waals surface area contributed by atoms with Crippen LogP contribution in [0.2, 0.25) is 0 Å². The second-order valence-electron chi connectivity index (χ2n) is 4.17. The van der Waals surface area contributed by atoms with Crippen LogP contribution in [0.25, 0.3) is 11.0 Å². The summed E-state index contributed by atoms with van der Waals surface area (Å²) in [5.74, 6) is 0.335. The Labute approximate surface area is 104 Å². The topological polar surface area (TPSA) is 79.0 Å². The van der Waals surface area contributed by atoms with Crippen LogP contribution < -0.4 is 10.6 Å². The number of H-pyrrole nitrogens is 1. The molecule has 1 aromatic heterocycles. The van der Waals surface area contributed by atoms with Crippen LogP contribution in [0.5, 0.6) is 0 Å². The number of aromatic nitrogens is 2. The molecule has 6 nitrogen and oxygen atoms in total. The zero-order chi connectivity index (χ0) is 12.4. The summed E-state index contributed by atoms with van der Waals surface area (Å²) in [7, 11) is 0. The SMILES string of the molecule is O=C(Nc1nc2ccccc2[nH]1)C1COCCN1. The number of anilines is 1. The van der Waals surface area contributed by atoms with Gasteiger partial charge in [-0.1, -0.05) is 12.1 Å². The fourth-order valence-corrected chi connectivity index (χ4v) is 1.95. The van der Waals surface area contributed by atoms with Gasteiger partial charge in [0.2, 0.25) is 11.9 Å². The number of aromatic amines is 1. The van der Waals surface area contributed by atoms with E-state index in [0.29, 0.717) is 25.7 Å². The van der Waals surface area contributed by atoms with E-state index in [1.807, 2.05) is 24.3 Å². The maximum Gasteiger partial charge on any atom is 0.246 e. The van der Waals surface area contributed by atoms with Crippen LogP contribution >= 0.6 is 0 Å². The highest BCUT2D eigenvalue weighted by atomic mass is 16.5. The average Bonchev–Trinajstić information content (AvgIpc) is 2.82. The zero-order valence-electron chi connectivity index (χ0n) is 9.77. The quantitative estimate of drug-likeness (QED) is 0.720. The number of carbonyl (C=O) groups excluding carboxylic acids is 1. The Morgan fingerprint density at radius 2 is 2.33 bits per heavy atom.